The third kappa shape index (κ3) is 4.96. The summed E-state index contributed by atoms with van der Waals surface area (Å²) < 4.78 is 70.0. The zero-order valence-corrected chi connectivity index (χ0v) is 22.2. The van der Waals surface area contributed by atoms with Crippen LogP contribution >= 0.6 is 11.6 Å². The molecule has 212 valence electrons. The number of alkyl halides is 3. The van der Waals surface area contributed by atoms with Gasteiger partial charge >= 0.3 is 6.18 Å². The average Bonchev–Trinajstić information content (AvgIpc) is 3.47. The molecule has 2 heterocycles. The van der Waals surface area contributed by atoms with Gasteiger partial charge in [0.1, 0.15) is 11.6 Å². The van der Waals surface area contributed by atoms with E-state index in [2.05, 4.69) is 15.7 Å². The van der Waals surface area contributed by atoms with Crippen molar-refractivity contribution < 1.29 is 31.5 Å². The fraction of sp³-hybridized carbons (Fsp3) is 0.100. The summed E-state index contributed by atoms with van der Waals surface area (Å²) in [6.45, 7) is 0. The summed E-state index contributed by atoms with van der Waals surface area (Å²) in [4.78, 5) is 26.5. The van der Waals surface area contributed by atoms with Crippen LogP contribution in [0.2, 0.25) is 5.02 Å². The molecule has 2 N–H and O–H groups in total. The van der Waals surface area contributed by atoms with Gasteiger partial charge in [-0.25, -0.2) is 8.78 Å². The first-order chi connectivity index (χ1) is 19.9. The van der Waals surface area contributed by atoms with E-state index in [-0.39, 0.29) is 33.5 Å². The molecule has 5 aromatic rings. The standard InChI is InChI=1S/C30H18ClF5N4O2/c1-40-13-17-6-14(2-5-24(17)39-40)15-9-22-26(27(38-29(22)42)21-12-19(32)3-4-23(21)31)25(10-15)37-28(41)16-7-18(30(34,35)36)11-20(33)8-16/h2-13,27H,1H3,(H,37,41)(H,38,42). The number of carbonyl (C=O) groups is 2. The molecule has 0 saturated heterocycles. The lowest BCUT2D eigenvalue weighted by Crippen LogP contribution is -2.21. The van der Waals surface area contributed by atoms with E-state index in [0.29, 0.717) is 23.3 Å². The number of hydrogen-bond acceptors (Lipinski definition) is 3. The van der Waals surface area contributed by atoms with Gasteiger partial charge in [0, 0.05) is 51.6 Å². The summed E-state index contributed by atoms with van der Waals surface area (Å²) in [6.07, 6.45) is -3.09. The van der Waals surface area contributed by atoms with E-state index in [0.717, 1.165) is 23.0 Å². The number of carbonyl (C=O) groups excluding carboxylic acids is 2. The Morgan fingerprint density at radius 3 is 2.52 bits per heavy atom. The summed E-state index contributed by atoms with van der Waals surface area (Å²) in [5.41, 5.74) is 0.544. The number of hydrogen-bond donors (Lipinski definition) is 2. The lowest BCUT2D eigenvalue weighted by molar-refractivity contribution is -0.137. The van der Waals surface area contributed by atoms with Gasteiger partial charge in [0.05, 0.1) is 17.1 Å². The Morgan fingerprint density at radius 1 is 0.976 bits per heavy atom. The van der Waals surface area contributed by atoms with Gasteiger partial charge in [-0.2, -0.15) is 18.3 Å². The first kappa shape index (κ1) is 27.4. The highest BCUT2D eigenvalue weighted by Gasteiger charge is 2.36. The molecule has 12 heteroatoms. The molecule has 0 spiro atoms. The normalized spacial score (nSPS) is 14.6. The summed E-state index contributed by atoms with van der Waals surface area (Å²) in [7, 11) is 1.77. The largest absolute Gasteiger partial charge is 0.416 e. The molecule has 4 aromatic carbocycles. The van der Waals surface area contributed by atoms with Crippen LogP contribution in [0.1, 0.15) is 43.4 Å². The maximum absolute atomic E-state index is 14.2. The Kier molecular flexibility index (Phi) is 6.49. The zero-order valence-electron chi connectivity index (χ0n) is 21.5. The first-order valence-corrected chi connectivity index (χ1v) is 12.8. The molecular weight excluding hydrogens is 579 g/mol. The third-order valence-corrected chi connectivity index (χ3v) is 7.29. The molecule has 2 amide bonds. The Hall–Kier alpha value is -4.77. The Balaban J connectivity index is 1.51. The fourth-order valence-corrected chi connectivity index (χ4v) is 5.31. The maximum atomic E-state index is 14.2. The number of nitrogens with zero attached hydrogens (tertiary/aromatic N) is 2. The molecule has 42 heavy (non-hydrogen) atoms. The van der Waals surface area contributed by atoms with Crippen LogP contribution in [0.15, 0.2) is 72.9 Å². The van der Waals surface area contributed by atoms with Crippen LogP contribution in [0.5, 0.6) is 0 Å². The second-order valence-electron chi connectivity index (χ2n) is 9.81. The number of anilines is 1. The molecule has 0 fully saturated rings. The van der Waals surface area contributed by atoms with Crippen molar-refractivity contribution in [1.29, 1.82) is 0 Å². The highest BCUT2D eigenvalue weighted by molar-refractivity contribution is 6.31. The van der Waals surface area contributed by atoms with Crippen LogP contribution in [0, 0.1) is 11.6 Å². The van der Waals surface area contributed by atoms with Crippen LogP contribution < -0.4 is 10.6 Å². The Bertz CT molecular complexity index is 1940. The SMILES string of the molecule is Cn1cc2cc(-c3cc(NC(=O)c4cc(F)cc(C(F)(F)F)c4)c4c(c3)C(=O)NC4c3cc(F)ccc3Cl)ccc2n1. The number of fused-ring (bicyclic) bond motifs is 2. The van der Waals surface area contributed by atoms with Gasteiger partial charge in [-0.05, 0) is 71.8 Å². The maximum Gasteiger partial charge on any atom is 0.416 e. The lowest BCUT2D eigenvalue weighted by atomic mass is 9.92. The molecule has 1 aliphatic rings. The van der Waals surface area contributed by atoms with E-state index in [1.807, 2.05) is 6.07 Å². The number of nitrogens with one attached hydrogen (secondary N) is 2. The van der Waals surface area contributed by atoms with Crippen molar-refractivity contribution >= 4 is 40.0 Å². The van der Waals surface area contributed by atoms with Gasteiger partial charge in [-0.3, -0.25) is 14.3 Å². The average molecular weight is 597 g/mol. The minimum absolute atomic E-state index is 0.0419. The quantitative estimate of drug-likeness (QED) is 0.214. The second-order valence-corrected chi connectivity index (χ2v) is 10.2. The molecule has 0 saturated carbocycles. The molecular formula is C30H18ClF5N4O2. The molecule has 0 radical (unpaired) electrons. The van der Waals surface area contributed by atoms with E-state index in [9.17, 15) is 31.5 Å². The van der Waals surface area contributed by atoms with Crippen LogP contribution in [0.4, 0.5) is 27.6 Å². The molecule has 6 rings (SSSR count). The minimum Gasteiger partial charge on any atom is -0.341 e. The van der Waals surface area contributed by atoms with Gasteiger partial charge in [0.2, 0.25) is 0 Å². The number of aromatic nitrogens is 2. The minimum atomic E-state index is -4.89. The van der Waals surface area contributed by atoms with E-state index in [1.54, 1.807) is 42.2 Å². The summed E-state index contributed by atoms with van der Waals surface area (Å²) in [5.74, 6) is -3.46. The van der Waals surface area contributed by atoms with E-state index < -0.39 is 46.8 Å². The third-order valence-electron chi connectivity index (χ3n) is 6.95. The molecule has 1 aliphatic heterocycles. The van der Waals surface area contributed by atoms with Crippen molar-refractivity contribution in [1.82, 2.24) is 15.1 Å². The van der Waals surface area contributed by atoms with Gasteiger partial charge in [0.25, 0.3) is 11.8 Å². The predicted molar refractivity (Wildman–Crippen MR) is 146 cm³/mol. The highest BCUT2D eigenvalue weighted by atomic mass is 35.5. The van der Waals surface area contributed by atoms with Gasteiger partial charge in [-0.15, -0.1) is 0 Å². The lowest BCUT2D eigenvalue weighted by Gasteiger charge is -2.19. The van der Waals surface area contributed by atoms with Crippen LogP contribution in [0.3, 0.4) is 0 Å². The van der Waals surface area contributed by atoms with E-state index in [1.165, 1.54) is 6.07 Å². The topological polar surface area (TPSA) is 76.0 Å². The van der Waals surface area contributed by atoms with Gasteiger partial charge < -0.3 is 10.6 Å². The highest BCUT2D eigenvalue weighted by Crippen LogP contribution is 2.42. The zero-order chi connectivity index (χ0) is 29.9. The molecule has 1 aromatic heterocycles. The van der Waals surface area contributed by atoms with Crippen LogP contribution in [-0.4, -0.2) is 21.6 Å². The Morgan fingerprint density at radius 2 is 1.76 bits per heavy atom. The number of aryl methyl sites for hydroxylation is 1. The van der Waals surface area contributed by atoms with E-state index >= 15 is 0 Å². The molecule has 1 atom stereocenters. The summed E-state index contributed by atoms with van der Waals surface area (Å²) in [5, 5.41) is 10.6. The van der Waals surface area contributed by atoms with Crippen molar-refractivity contribution in [3.8, 4) is 11.1 Å². The number of benzene rings is 4. The smallest absolute Gasteiger partial charge is 0.341 e. The van der Waals surface area contributed by atoms with Crippen molar-refractivity contribution in [2.45, 2.75) is 12.2 Å². The number of rotatable bonds is 4. The molecule has 1 unspecified atom stereocenters. The monoisotopic (exact) mass is 596 g/mol. The molecule has 6 nitrogen and oxygen atoms in total. The van der Waals surface area contributed by atoms with Crippen molar-refractivity contribution in [3.63, 3.8) is 0 Å². The van der Waals surface area contributed by atoms with Gasteiger partial charge in [0.15, 0.2) is 0 Å². The van der Waals surface area contributed by atoms with Crippen molar-refractivity contribution in [3.05, 3.63) is 117 Å². The molecule has 0 bridgehead atoms. The Labute approximate surface area is 239 Å². The fourth-order valence-electron chi connectivity index (χ4n) is 5.08. The van der Waals surface area contributed by atoms with Crippen molar-refractivity contribution in [2.75, 3.05) is 5.32 Å². The number of amides is 2. The summed E-state index contributed by atoms with van der Waals surface area (Å²) >= 11 is 6.35. The molecule has 0 aliphatic carbocycles. The second kappa shape index (κ2) is 9.95. The summed E-state index contributed by atoms with van der Waals surface area (Å²) in [6, 6.07) is 12.6. The number of halogens is 6. The van der Waals surface area contributed by atoms with Crippen LogP contribution in [0.25, 0.3) is 22.0 Å². The van der Waals surface area contributed by atoms with Crippen LogP contribution in [-0.2, 0) is 13.2 Å². The van der Waals surface area contributed by atoms with Gasteiger partial charge in [-0.1, -0.05) is 17.7 Å². The van der Waals surface area contributed by atoms with E-state index in [4.69, 9.17) is 11.6 Å². The van der Waals surface area contributed by atoms with Crippen molar-refractivity contribution in [2.24, 2.45) is 7.05 Å². The predicted octanol–water partition coefficient (Wildman–Crippen LogP) is 7.28. The first-order valence-electron chi connectivity index (χ1n) is 12.4.